The van der Waals surface area contributed by atoms with Gasteiger partial charge in [-0.3, -0.25) is 0 Å². The van der Waals surface area contributed by atoms with Crippen LogP contribution in [0.25, 0.3) is 0 Å². The molecule has 0 saturated heterocycles. The molecule has 15 heavy (non-hydrogen) atoms. The molecule has 1 heterocycles. The van der Waals surface area contributed by atoms with Crippen molar-refractivity contribution < 1.29 is 0 Å². The summed E-state index contributed by atoms with van der Waals surface area (Å²) in [5, 5.41) is 4.87. The van der Waals surface area contributed by atoms with Crippen LogP contribution in [0.2, 0.25) is 0 Å². The highest BCUT2D eigenvalue weighted by molar-refractivity contribution is 7.98. The second-order valence-electron chi connectivity index (χ2n) is 4.18. The van der Waals surface area contributed by atoms with Crippen LogP contribution < -0.4 is 5.32 Å². The smallest absolute Gasteiger partial charge is 0.0959 e. The first kappa shape index (κ1) is 11.4. The maximum Gasteiger partial charge on any atom is 0.0959 e. The van der Waals surface area contributed by atoms with Gasteiger partial charge in [0.15, 0.2) is 0 Å². The third-order valence-corrected chi connectivity index (χ3v) is 4.53. The topological polar surface area (TPSA) is 24.9 Å². The van der Waals surface area contributed by atoms with Crippen LogP contribution in [0.3, 0.4) is 0 Å². The van der Waals surface area contributed by atoms with Crippen LogP contribution in [-0.2, 0) is 6.54 Å². The SMILES string of the molecule is CSCC(C)NCc1cnc(C2CC2)s1. The summed E-state index contributed by atoms with van der Waals surface area (Å²) in [4.78, 5) is 5.85. The third-order valence-electron chi connectivity index (χ3n) is 2.54. The van der Waals surface area contributed by atoms with E-state index < -0.39 is 0 Å². The molecule has 0 aliphatic heterocycles. The Kier molecular flexibility index (Phi) is 4.05. The molecule has 1 saturated carbocycles. The Morgan fingerprint density at radius 3 is 3.13 bits per heavy atom. The zero-order valence-electron chi connectivity index (χ0n) is 9.32. The van der Waals surface area contributed by atoms with Crippen molar-refractivity contribution in [1.82, 2.24) is 10.3 Å². The molecule has 0 radical (unpaired) electrons. The van der Waals surface area contributed by atoms with Crippen molar-refractivity contribution >= 4 is 23.1 Å². The van der Waals surface area contributed by atoms with E-state index in [9.17, 15) is 0 Å². The van der Waals surface area contributed by atoms with Gasteiger partial charge in [-0.2, -0.15) is 11.8 Å². The number of thiazole rings is 1. The number of hydrogen-bond acceptors (Lipinski definition) is 4. The van der Waals surface area contributed by atoms with Crippen molar-refractivity contribution in [2.45, 2.75) is 38.3 Å². The summed E-state index contributed by atoms with van der Waals surface area (Å²) in [6.07, 6.45) is 6.89. The molecule has 1 aliphatic carbocycles. The largest absolute Gasteiger partial charge is 0.309 e. The molecule has 1 aromatic rings. The number of hydrogen-bond donors (Lipinski definition) is 1. The van der Waals surface area contributed by atoms with Crippen molar-refractivity contribution in [2.75, 3.05) is 12.0 Å². The Bertz CT molecular complexity index is 307. The van der Waals surface area contributed by atoms with Crippen molar-refractivity contribution in [3.8, 4) is 0 Å². The van der Waals surface area contributed by atoms with Crippen molar-refractivity contribution in [3.05, 3.63) is 16.1 Å². The van der Waals surface area contributed by atoms with E-state index in [-0.39, 0.29) is 0 Å². The first-order valence-corrected chi connectivity index (χ1v) is 7.67. The Morgan fingerprint density at radius 1 is 1.67 bits per heavy atom. The minimum atomic E-state index is 0.589. The number of aromatic nitrogens is 1. The van der Waals surface area contributed by atoms with Gasteiger partial charge in [-0.25, -0.2) is 4.98 Å². The van der Waals surface area contributed by atoms with Crippen LogP contribution in [0.4, 0.5) is 0 Å². The summed E-state index contributed by atoms with van der Waals surface area (Å²) in [6, 6.07) is 0.589. The predicted molar refractivity (Wildman–Crippen MR) is 68.8 cm³/mol. The number of rotatable bonds is 6. The predicted octanol–water partition coefficient (Wildman–Crippen LogP) is 2.86. The van der Waals surface area contributed by atoms with E-state index in [1.54, 1.807) is 0 Å². The maximum absolute atomic E-state index is 4.48. The van der Waals surface area contributed by atoms with Crippen LogP contribution in [0.5, 0.6) is 0 Å². The summed E-state index contributed by atoms with van der Waals surface area (Å²) in [7, 11) is 0. The van der Waals surface area contributed by atoms with Crippen LogP contribution >= 0.6 is 23.1 Å². The summed E-state index contributed by atoms with van der Waals surface area (Å²) in [6.45, 7) is 3.21. The summed E-state index contributed by atoms with van der Waals surface area (Å²) < 4.78 is 0. The average molecular weight is 242 g/mol. The minimum Gasteiger partial charge on any atom is -0.309 e. The molecule has 1 N–H and O–H groups in total. The first-order chi connectivity index (χ1) is 7.29. The quantitative estimate of drug-likeness (QED) is 0.830. The normalized spacial score (nSPS) is 18.0. The van der Waals surface area contributed by atoms with E-state index in [4.69, 9.17) is 0 Å². The summed E-state index contributed by atoms with van der Waals surface area (Å²) >= 11 is 3.77. The molecule has 1 unspecified atom stereocenters. The van der Waals surface area contributed by atoms with Crippen molar-refractivity contribution in [1.29, 1.82) is 0 Å². The van der Waals surface area contributed by atoms with Gasteiger partial charge in [-0.15, -0.1) is 11.3 Å². The Labute approximate surface area is 99.9 Å². The van der Waals surface area contributed by atoms with Crippen molar-refractivity contribution in [3.63, 3.8) is 0 Å². The van der Waals surface area contributed by atoms with Gasteiger partial charge in [-0.05, 0) is 26.0 Å². The Balaban J connectivity index is 1.77. The van der Waals surface area contributed by atoms with Gasteiger partial charge < -0.3 is 5.32 Å². The number of nitrogens with one attached hydrogen (secondary N) is 1. The van der Waals surface area contributed by atoms with Crippen LogP contribution in [0.1, 0.15) is 35.6 Å². The van der Waals surface area contributed by atoms with E-state index in [1.807, 2.05) is 29.3 Å². The van der Waals surface area contributed by atoms with E-state index >= 15 is 0 Å². The monoisotopic (exact) mass is 242 g/mol. The van der Waals surface area contributed by atoms with Gasteiger partial charge in [0.1, 0.15) is 0 Å². The first-order valence-electron chi connectivity index (χ1n) is 5.46. The van der Waals surface area contributed by atoms with Gasteiger partial charge >= 0.3 is 0 Å². The lowest BCUT2D eigenvalue weighted by atomic mass is 10.4. The van der Waals surface area contributed by atoms with Gasteiger partial charge in [-0.1, -0.05) is 0 Å². The van der Waals surface area contributed by atoms with E-state index in [0.29, 0.717) is 6.04 Å². The molecule has 1 fully saturated rings. The minimum absolute atomic E-state index is 0.589. The summed E-state index contributed by atoms with van der Waals surface area (Å²) in [5.41, 5.74) is 0. The second-order valence-corrected chi connectivity index (χ2v) is 6.23. The number of thioether (sulfide) groups is 1. The lowest BCUT2D eigenvalue weighted by Gasteiger charge is -2.10. The lowest BCUT2D eigenvalue weighted by molar-refractivity contribution is 0.600. The average Bonchev–Trinajstić information content (AvgIpc) is 2.96. The molecule has 1 aliphatic rings. The fourth-order valence-corrected chi connectivity index (χ4v) is 3.16. The molecule has 0 aromatic carbocycles. The van der Waals surface area contributed by atoms with Crippen LogP contribution in [0, 0.1) is 0 Å². The van der Waals surface area contributed by atoms with E-state index in [1.165, 1.54) is 28.5 Å². The fourth-order valence-electron chi connectivity index (χ4n) is 1.51. The highest BCUT2D eigenvalue weighted by Crippen LogP contribution is 2.41. The van der Waals surface area contributed by atoms with Gasteiger partial charge in [0, 0.05) is 35.3 Å². The molecule has 4 heteroatoms. The highest BCUT2D eigenvalue weighted by Gasteiger charge is 2.26. The Morgan fingerprint density at radius 2 is 2.47 bits per heavy atom. The Hall–Kier alpha value is -0.0600. The zero-order chi connectivity index (χ0) is 10.7. The second kappa shape index (κ2) is 5.32. The molecule has 2 rings (SSSR count). The highest BCUT2D eigenvalue weighted by atomic mass is 32.2. The van der Waals surface area contributed by atoms with E-state index in [0.717, 1.165) is 12.5 Å². The summed E-state index contributed by atoms with van der Waals surface area (Å²) in [5.74, 6) is 1.97. The van der Waals surface area contributed by atoms with Gasteiger partial charge in [0.05, 0.1) is 5.01 Å². The molecule has 84 valence electrons. The molecule has 2 nitrogen and oxygen atoms in total. The fraction of sp³-hybridized carbons (Fsp3) is 0.727. The molecular formula is C11H18N2S2. The van der Waals surface area contributed by atoms with E-state index in [2.05, 4.69) is 23.5 Å². The molecule has 0 amide bonds. The maximum atomic E-state index is 4.48. The molecule has 0 spiro atoms. The van der Waals surface area contributed by atoms with Crippen LogP contribution in [-0.4, -0.2) is 23.0 Å². The standard InChI is InChI=1S/C11H18N2S2/c1-8(7-14-2)12-5-10-6-13-11(15-10)9-3-4-9/h6,8-9,12H,3-5,7H2,1-2H3. The lowest BCUT2D eigenvalue weighted by Crippen LogP contribution is -2.27. The third kappa shape index (κ3) is 3.47. The molecule has 1 atom stereocenters. The zero-order valence-corrected chi connectivity index (χ0v) is 11.0. The van der Waals surface area contributed by atoms with Crippen LogP contribution in [0.15, 0.2) is 6.20 Å². The molecular weight excluding hydrogens is 224 g/mol. The van der Waals surface area contributed by atoms with Gasteiger partial charge in [0.2, 0.25) is 0 Å². The van der Waals surface area contributed by atoms with Gasteiger partial charge in [0.25, 0.3) is 0 Å². The van der Waals surface area contributed by atoms with Crippen molar-refractivity contribution in [2.24, 2.45) is 0 Å². The molecule has 0 bridgehead atoms. The molecule has 1 aromatic heterocycles. The number of nitrogens with zero attached hydrogens (tertiary/aromatic N) is 1.